The highest BCUT2D eigenvalue weighted by Crippen LogP contribution is 2.58. The van der Waals surface area contributed by atoms with Crippen molar-refractivity contribution in [3.05, 3.63) is 57.8 Å². The van der Waals surface area contributed by atoms with Crippen LogP contribution in [-0.2, 0) is 9.59 Å². The average Bonchev–Trinajstić information content (AvgIpc) is 2.76. The molecule has 2 atom stereocenters. The highest BCUT2D eigenvalue weighted by atomic mass is 35.5. The van der Waals surface area contributed by atoms with Crippen LogP contribution in [0.4, 0.5) is 4.79 Å². The molecule has 0 bridgehead atoms. The average molecular weight is 425 g/mol. The fourth-order valence-corrected chi connectivity index (χ4v) is 5.28. The maximum atomic E-state index is 13.7. The molecule has 1 aliphatic heterocycles. The number of rotatable bonds is 1. The Labute approximate surface area is 179 Å². The van der Waals surface area contributed by atoms with Crippen LogP contribution in [0.3, 0.4) is 0 Å². The molecule has 1 aromatic rings. The van der Waals surface area contributed by atoms with Gasteiger partial charge in [-0.3, -0.25) is 19.4 Å². The summed E-state index contributed by atoms with van der Waals surface area (Å²) in [6, 6.07) is 8.37. The Morgan fingerprint density at radius 3 is 2.30 bits per heavy atom. The van der Waals surface area contributed by atoms with E-state index < -0.39 is 29.2 Å². The Morgan fingerprint density at radius 2 is 1.73 bits per heavy atom. The van der Waals surface area contributed by atoms with E-state index in [1.54, 1.807) is 24.3 Å². The number of nitrogens with two attached hydrogens (primary N) is 1. The van der Waals surface area contributed by atoms with Crippen molar-refractivity contribution in [1.82, 2.24) is 9.80 Å². The van der Waals surface area contributed by atoms with Crippen LogP contribution in [0.25, 0.3) is 0 Å². The number of hydrogen-bond donors (Lipinski definition) is 1. The SMILES string of the molecule is CN1C(=O)N(C)C(=O)C2(C1=O)C(N)=C(C#N)C1=CCCCC1C2c1ccc(Cl)cc1. The molecule has 4 rings (SSSR count). The van der Waals surface area contributed by atoms with Gasteiger partial charge < -0.3 is 5.73 Å². The largest absolute Gasteiger partial charge is 0.400 e. The van der Waals surface area contributed by atoms with Gasteiger partial charge in [-0.05, 0) is 48.4 Å². The molecular weight excluding hydrogens is 404 g/mol. The molecule has 154 valence electrons. The number of amides is 4. The fraction of sp³-hybridized carbons (Fsp3) is 0.364. The molecule has 1 aromatic carbocycles. The van der Waals surface area contributed by atoms with E-state index in [9.17, 15) is 19.6 Å². The number of benzene rings is 1. The topological polar surface area (TPSA) is 108 Å². The van der Waals surface area contributed by atoms with Crippen molar-refractivity contribution in [3.8, 4) is 6.07 Å². The second kappa shape index (κ2) is 6.99. The Kier molecular flexibility index (Phi) is 4.70. The molecule has 1 saturated heterocycles. The van der Waals surface area contributed by atoms with Crippen molar-refractivity contribution < 1.29 is 14.4 Å². The summed E-state index contributed by atoms with van der Waals surface area (Å²) in [6.45, 7) is 0. The maximum Gasteiger partial charge on any atom is 0.332 e. The molecular formula is C22H21ClN4O3. The van der Waals surface area contributed by atoms with Gasteiger partial charge in [0, 0.05) is 25.0 Å². The zero-order valence-electron chi connectivity index (χ0n) is 16.7. The van der Waals surface area contributed by atoms with Gasteiger partial charge in [-0.2, -0.15) is 5.26 Å². The van der Waals surface area contributed by atoms with Gasteiger partial charge in [0.15, 0.2) is 5.41 Å². The monoisotopic (exact) mass is 424 g/mol. The van der Waals surface area contributed by atoms with Crippen molar-refractivity contribution >= 4 is 29.4 Å². The van der Waals surface area contributed by atoms with Crippen molar-refractivity contribution in [2.45, 2.75) is 25.2 Å². The molecule has 0 radical (unpaired) electrons. The molecule has 2 aliphatic carbocycles. The molecule has 0 saturated carbocycles. The first-order valence-electron chi connectivity index (χ1n) is 9.73. The third kappa shape index (κ3) is 2.47. The normalized spacial score (nSPS) is 25.9. The predicted molar refractivity (Wildman–Crippen MR) is 110 cm³/mol. The Morgan fingerprint density at radius 1 is 1.13 bits per heavy atom. The molecule has 3 aliphatic rings. The number of nitriles is 1. The van der Waals surface area contributed by atoms with Gasteiger partial charge in [0.25, 0.3) is 11.8 Å². The molecule has 0 aromatic heterocycles. The number of hydrogen-bond acceptors (Lipinski definition) is 5. The summed E-state index contributed by atoms with van der Waals surface area (Å²) < 4.78 is 0. The summed E-state index contributed by atoms with van der Waals surface area (Å²) in [5, 5.41) is 10.4. The number of fused-ring (bicyclic) bond motifs is 1. The highest BCUT2D eigenvalue weighted by Gasteiger charge is 2.66. The summed E-state index contributed by atoms with van der Waals surface area (Å²) in [4.78, 5) is 41.6. The van der Waals surface area contributed by atoms with E-state index >= 15 is 0 Å². The Balaban J connectivity index is 2.10. The van der Waals surface area contributed by atoms with Crippen LogP contribution in [0.5, 0.6) is 0 Å². The zero-order valence-corrected chi connectivity index (χ0v) is 17.4. The lowest BCUT2D eigenvalue weighted by Crippen LogP contribution is -2.68. The predicted octanol–water partition coefficient (Wildman–Crippen LogP) is 2.94. The molecule has 8 heteroatoms. The van der Waals surface area contributed by atoms with E-state index in [-0.39, 0.29) is 17.2 Å². The Bertz CT molecular complexity index is 1040. The number of nitrogens with zero attached hydrogens (tertiary/aromatic N) is 3. The number of carbonyl (C=O) groups excluding carboxylic acids is 3. The smallest absolute Gasteiger partial charge is 0.332 e. The first kappa shape index (κ1) is 20.2. The van der Waals surface area contributed by atoms with Crippen molar-refractivity contribution in [2.24, 2.45) is 17.1 Å². The van der Waals surface area contributed by atoms with Gasteiger partial charge in [-0.25, -0.2) is 4.79 Å². The number of halogens is 1. The van der Waals surface area contributed by atoms with Gasteiger partial charge in [-0.15, -0.1) is 0 Å². The second-order valence-electron chi connectivity index (χ2n) is 7.95. The van der Waals surface area contributed by atoms with Gasteiger partial charge in [0.1, 0.15) is 6.07 Å². The molecule has 30 heavy (non-hydrogen) atoms. The van der Waals surface area contributed by atoms with Crippen molar-refractivity contribution in [3.63, 3.8) is 0 Å². The summed E-state index contributed by atoms with van der Waals surface area (Å²) >= 11 is 6.08. The van der Waals surface area contributed by atoms with Gasteiger partial charge >= 0.3 is 6.03 Å². The van der Waals surface area contributed by atoms with Gasteiger partial charge in [0.2, 0.25) is 0 Å². The number of urea groups is 1. The van der Waals surface area contributed by atoms with Crippen LogP contribution in [0.1, 0.15) is 30.7 Å². The van der Waals surface area contributed by atoms with Crippen LogP contribution < -0.4 is 5.73 Å². The van der Waals surface area contributed by atoms with Crippen molar-refractivity contribution in [2.75, 3.05) is 14.1 Å². The maximum absolute atomic E-state index is 13.7. The standard InChI is InChI=1S/C22H21ClN4O3/c1-26-19(28)22(20(29)27(2)21(26)30)17(12-7-9-13(23)10-8-12)15-6-4-3-5-14(15)16(11-24)18(22)25/h5,7-10,15,17H,3-4,6,25H2,1-2H3. The highest BCUT2D eigenvalue weighted by molar-refractivity contribution is 6.30. The lowest BCUT2D eigenvalue weighted by atomic mass is 9.54. The third-order valence-corrected chi connectivity index (χ3v) is 6.79. The number of barbiturate groups is 1. The first-order chi connectivity index (χ1) is 14.3. The minimum absolute atomic E-state index is 0.0875. The molecule has 2 unspecified atom stereocenters. The van der Waals surface area contributed by atoms with Gasteiger partial charge in [0.05, 0.1) is 11.3 Å². The van der Waals surface area contributed by atoms with E-state index in [1.807, 2.05) is 6.08 Å². The van der Waals surface area contributed by atoms with Crippen LogP contribution in [0.15, 0.2) is 47.2 Å². The number of allylic oxidation sites excluding steroid dienone is 3. The van der Waals surface area contributed by atoms with E-state index in [0.29, 0.717) is 11.4 Å². The first-order valence-corrected chi connectivity index (χ1v) is 10.1. The number of imide groups is 2. The zero-order chi connectivity index (χ0) is 21.8. The van der Waals surface area contributed by atoms with Gasteiger partial charge in [-0.1, -0.05) is 29.8 Å². The minimum atomic E-state index is -1.87. The molecule has 4 amide bonds. The van der Waals surface area contributed by atoms with Crippen LogP contribution in [-0.4, -0.2) is 41.7 Å². The second-order valence-corrected chi connectivity index (χ2v) is 8.38. The fourth-order valence-electron chi connectivity index (χ4n) is 5.15. The van der Waals surface area contributed by atoms with Crippen LogP contribution >= 0.6 is 11.6 Å². The Hall–Kier alpha value is -3.11. The van der Waals surface area contributed by atoms with Crippen molar-refractivity contribution in [1.29, 1.82) is 5.26 Å². The minimum Gasteiger partial charge on any atom is -0.400 e. The van der Waals surface area contributed by atoms with E-state index in [2.05, 4.69) is 6.07 Å². The summed E-state index contributed by atoms with van der Waals surface area (Å²) in [5.41, 5.74) is 6.21. The van der Waals surface area contributed by atoms with E-state index in [1.165, 1.54) is 14.1 Å². The summed E-state index contributed by atoms with van der Waals surface area (Å²) in [7, 11) is 2.67. The quantitative estimate of drug-likeness (QED) is 0.697. The lowest BCUT2D eigenvalue weighted by Gasteiger charge is -2.52. The third-order valence-electron chi connectivity index (χ3n) is 6.53. The molecule has 2 N–H and O–H groups in total. The lowest BCUT2D eigenvalue weighted by molar-refractivity contribution is -0.157. The summed E-state index contributed by atoms with van der Waals surface area (Å²) in [5.74, 6) is -2.32. The van der Waals surface area contributed by atoms with E-state index in [0.717, 1.165) is 33.8 Å². The molecule has 1 fully saturated rings. The molecule has 7 nitrogen and oxygen atoms in total. The summed E-state index contributed by atoms with van der Waals surface area (Å²) in [6.07, 6.45) is 4.33. The van der Waals surface area contributed by atoms with E-state index in [4.69, 9.17) is 17.3 Å². The van der Waals surface area contributed by atoms with Crippen LogP contribution in [0, 0.1) is 22.7 Å². The molecule has 1 heterocycles. The van der Waals surface area contributed by atoms with Crippen LogP contribution in [0.2, 0.25) is 5.02 Å². The number of carbonyl (C=O) groups is 3. The molecule has 1 spiro atoms.